The number of carbonyl (C=O) groups is 1. The first kappa shape index (κ1) is 13.0. The van der Waals surface area contributed by atoms with Crippen LogP contribution >= 0.6 is 0 Å². The molecule has 5 nitrogen and oxygen atoms in total. The molecule has 1 aliphatic heterocycles. The van der Waals surface area contributed by atoms with Crippen LogP contribution in [0.1, 0.15) is 30.6 Å². The Balaban J connectivity index is 2.43. The number of anilines is 1. The van der Waals surface area contributed by atoms with E-state index in [1.807, 2.05) is 0 Å². The number of nitrogens with one attached hydrogen (secondary N) is 1. The zero-order chi connectivity index (χ0) is 13.3. The maximum atomic E-state index is 12.2. The van der Waals surface area contributed by atoms with E-state index in [9.17, 15) is 13.2 Å². The van der Waals surface area contributed by atoms with Crippen molar-refractivity contribution in [1.82, 2.24) is 4.72 Å². The number of carbonyl (C=O) groups excluding carboxylic acids is 1. The molecule has 0 radical (unpaired) electrons. The van der Waals surface area contributed by atoms with E-state index in [1.165, 1.54) is 4.31 Å². The van der Waals surface area contributed by atoms with Crippen molar-refractivity contribution in [2.24, 2.45) is 0 Å². The average molecular weight is 268 g/mol. The number of para-hydroxylation sites is 1. The first-order chi connectivity index (χ1) is 8.42. The Morgan fingerprint density at radius 2 is 1.94 bits per heavy atom. The maximum Gasteiger partial charge on any atom is 0.301 e. The van der Waals surface area contributed by atoms with E-state index in [-0.39, 0.29) is 24.8 Å². The topological polar surface area (TPSA) is 66.5 Å². The van der Waals surface area contributed by atoms with Gasteiger partial charge in [-0.25, -0.2) is 0 Å². The number of hydrogen-bond donors (Lipinski definition) is 1. The number of hydrogen-bond acceptors (Lipinski definition) is 3. The monoisotopic (exact) mass is 268 g/mol. The van der Waals surface area contributed by atoms with Crippen molar-refractivity contribution in [1.29, 1.82) is 0 Å². The van der Waals surface area contributed by atoms with E-state index in [0.717, 1.165) is 0 Å². The highest BCUT2D eigenvalue weighted by Gasteiger charge is 2.30. The normalized spacial score (nSPS) is 15.9. The fraction of sp³-hybridized carbons (Fsp3) is 0.417. The van der Waals surface area contributed by atoms with Crippen LogP contribution in [0, 0.1) is 0 Å². The molecule has 6 heteroatoms. The summed E-state index contributed by atoms with van der Waals surface area (Å²) in [6.45, 7) is 3.72. The molecule has 1 heterocycles. The van der Waals surface area contributed by atoms with Gasteiger partial charge in [0.2, 0.25) is 0 Å². The van der Waals surface area contributed by atoms with Gasteiger partial charge in [-0.05, 0) is 26.0 Å². The molecule has 2 rings (SSSR count). The summed E-state index contributed by atoms with van der Waals surface area (Å²) >= 11 is 0. The van der Waals surface area contributed by atoms with Crippen molar-refractivity contribution >= 4 is 21.7 Å². The van der Waals surface area contributed by atoms with Gasteiger partial charge in [-0.2, -0.15) is 13.1 Å². The van der Waals surface area contributed by atoms with Gasteiger partial charge in [0.05, 0.1) is 5.69 Å². The minimum absolute atomic E-state index is 0.0124. The molecule has 0 saturated heterocycles. The number of ketones is 1. The molecule has 0 aromatic heterocycles. The van der Waals surface area contributed by atoms with Crippen LogP contribution < -0.4 is 9.03 Å². The van der Waals surface area contributed by atoms with Crippen LogP contribution in [0.3, 0.4) is 0 Å². The molecule has 0 fully saturated rings. The van der Waals surface area contributed by atoms with Gasteiger partial charge in [-0.3, -0.25) is 9.10 Å². The van der Waals surface area contributed by atoms with Crippen molar-refractivity contribution < 1.29 is 13.2 Å². The van der Waals surface area contributed by atoms with Gasteiger partial charge in [-0.15, -0.1) is 0 Å². The molecule has 0 bridgehead atoms. The molecule has 0 unspecified atom stereocenters. The first-order valence-electron chi connectivity index (χ1n) is 5.84. The van der Waals surface area contributed by atoms with Crippen LogP contribution in [0.25, 0.3) is 0 Å². The predicted octanol–water partition coefficient (Wildman–Crippen LogP) is 1.32. The van der Waals surface area contributed by atoms with E-state index in [1.54, 1.807) is 38.1 Å². The molecule has 0 aliphatic carbocycles. The van der Waals surface area contributed by atoms with E-state index in [2.05, 4.69) is 4.72 Å². The number of fused-ring (bicyclic) bond motifs is 1. The molecular weight excluding hydrogens is 252 g/mol. The van der Waals surface area contributed by atoms with E-state index in [0.29, 0.717) is 11.3 Å². The molecule has 18 heavy (non-hydrogen) atoms. The maximum absolute atomic E-state index is 12.2. The lowest BCUT2D eigenvalue weighted by atomic mass is 10.0. The number of rotatable bonds is 3. The SMILES string of the molecule is CC(C)NS(=O)(=O)N1CCC(=O)c2ccccc21. The largest absolute Gasteiger partial charge is 0.301 e. The van der Waals surface area contributed by atoms with Crippen LogP contribution in [0.5, 0.6) is 0 Å². The van der Waals surface area contributed by atoms with Crippen molar-refractivity contribution in [2.45, 2.75) is 26.3 Å². The summed E-state index contributed by atoms with van der Waals surface area (Å²) in [6, 6.07) is 6.61. The van der Waals surface area contributed by atoms with Crippen LogP contribution in [0.15, 0.2) is 24.3 Å². The summed E-state index contributed by atoms with van der Waals surface area (Å²) in [5.41, 5.74) is 0.930. The van der Waals surface area contributed by atoms with Gasteiger partial charge in [0.25, 0.3) is 0 Å². The Bertz CT molecular complexity index is 566. The van der Waals surface area contributed by atoms with Gasteiger partial charge in [0.15, 0.2) is 5.78 Å². The lowest BCUT2D eigenvalue weighted by Crippen LogP contribution is -2.46. The van der Waals surface area contributed by atoms with Crippen molar-refractivity contribution in [3.8, 4) is 0 Å². The summed E-state index contributed by atoms with van der Waals surface area (Å²) in [5, 5.41) is 0. The fourth-order valence-electron chi connectivity index (χ4n) is 2.00. The summed E-state index contributed by atoms with van der Waals surface area (Å²) in [7, 11) is -3.59. The Hall–Kier alpha value is -1.40. The van der Waals surface area contributed by atoms with Crippen molar-refractivity contribution in [3.05, 3.63) is 29.8 Å². The standard InChI is InChI=1S/C12H16N2O3S/c1-9(2)13-18(16,17)14-8-7-12(15)10-5-3-4-6-11(10)14/h3-6,9,13H,7-8H2,1-2H3. The molecule has 1 aromatic rings. The molecule has 98 valence electrons. The summed E-state index contributed by atoms with van der Waals surface area (Å²) < 4.78 is 28.1. The summed E-state index contributed by atoms with van der Waals surface area (Å²) in [4.78, 5) is 11.7. The molecule has 0 atom stereocenters. The quantitative estimate of drug-likeness (QED) is 0.899. The first-order valence-corrected chi connectivity index (χ1v) is 7.28. The third-order valence-electron chi connectivity index (χ3n) is 2.69. The van der Waals surface area contributed by atoms with Crippen LogP contribution in [-0.4, -0.2) is 26.8 Å². The predicted molar refractivity (Wildman–Crippen MR) is 69.9 cm³/mol. The smallest absolute Gasteiger partial charge is 0.294 e. The van der Waals surface area contributed by atoms with Crippen molar-refractivity contribution in [2.75, 3.05) is 10.8 Å². The van der Waals surface area contributed by atoms with Gasteiger partial charge >= 0.3 is 10.2 Å². The third kappa shape index (κ3) is 2.39. The molecular formula is C12H16N2O3S. The Labute approximate surface area is 107 Å². The second-order valence-electron chi connectivity index (χ2n) is 4.54. The molecule has 1 aromatic carbocycles. The molecule has 1 N–H and O–H groups in total. The van der Waals surface area contributed by atoms with E-state index < -0.39 is 10.2 Å². The summed E-state index contributed by atoms with van der Waals surface area (Å²) in [6.07, 6.45) is 0.218. The molecule has 0 amide bonds. The van der Waals surface area contributed by atoms with E-state index in [4.69, 9.17) is 0 Å². The Morgan fingerprint density at radius 1 is 1.28 bits per heavy atom. The highest BCUT2D eigenvalue weighted by molar-refractivity contribution is 7.90. The van der Waals surface area contributed by atoms with Crippen LogP contribution in [0.4, 0.5) is 5.69 Å². The highest BCUT2D eigenvalue weighted by atomic mass is 32.2. The highest BCUT2D eigenvalue weighted by Crippen LogP contribution is 2.28. The van der Waals surface area contributed by atoms with Crippen LogP contribution in [-0.2, 0) is 10.2 Å². The lowest BCUT2D eigenvalue weighted by molar-refractivity contribution is 0.0982. The van der Waals surface area contributed by atoms with Gasteiger partial charge in [0.1, 0.15) is 0 Å². The summed E-state index contributed by atoms with van der Waals surface area (Å²) in [5.74, 6) is -0.0124. The Morgan fingerprint density at radius 3 is 2.61 bits per heavy atom. The number of Topliss-reactive ketones (excluding diaryl/α,β-unsaturated/α-hetero) is 1. The van der Waals surface area contributed by atoms with Crippen LogP contribution in [0.2, 0.25) is 0 Å². The zero-order valence-corrected chi connectivity index (χ0v) is 11.2. The lowest BCUT2D eigenvalue weighted by Gasteiger charge is -2.30. The molecule has 0 saturated carbocycles. The minimum Gasteiger partial charge on any atom is -0.294 e. The van der Waals surface area contributed by atoms with Gasteiger partial charge in [0, 0.05) is 24.6 Å². The molecule has 0 spiro atoms. The van der Waals surface area contributed by atoms with Gasteiger partial charge in [-0.1, -0.05) is 12.1 Å². The van der Waals surface area contributed by atoms with Crippen molar-refractivity contribution in [3.63, 3.8) is 0 Å². The fourth-order valence-corrected chi connectivity index (χ4v) is 3.47. The number of benzene rings is 1. The third-order valence-corrected chi connectivity index (χ3v) is 4.42. The van der Waals surface area contributed by atoms with E-state index >= 15 is 0 Å². The minimum atomic E-state index is -3.59. The zero-order valence-electron chi connectivity index (χ0n) is 10.4. The molecule has 1 aliphatic rings. The Kier molecular flexibility index (Phi) is 3.41. The average Bonchev–Trinajstić information content (AvgIpc) is 2.27. The second-order valence-corrected chi connectivity index (χ2v) is 6.17. The second kappa shape index (κ2) is 4.70. The number of nitrogens with zero attached hydrogens (tertiary/aromatic N) is 1. The van der Waals surface area contributed by atoms with Gasteiger partial charge < -0.3 is 0 Å².